The number of carbonyl (C=O) groups is 3. The second-order valence-electron chi connectivity index (χ2n) is 6.48. The van der Waals surface area contributed by atoms with E-state index in [1.54, 1.807) is 18.0 Å². The van der Waals surface area contributed by atoms with Crippen LogP contribution in [0, 0.1) is 6.92 Å². The van der Waals surface area contributed by atoms with Crippen molar-refractivity contribution in [1.29, 1.82) is 0 Å². The van der Waals surface area contributed by atoms with Crippen molar-refractivity contribution in [2.45, 2.75) is 25.8 Å². The van der Waals surface area contributed by atoms with Crippen molar-refractivity contribution in [3.05, 3.63) is 41.1 Å². The molecule has 25 heavy (non-hydrogen) atoms. The number of furan rings is 1. The van der Waals surface area contributed by atoms with Crippen LogP contribution in [0.3, 0.4) is 0 Å². The molecule has 132 valence electrons. The maximum atomic E-state index is 12.5. The second-order valence-corrected chi connectivity index (χ2v) is 6.48. The molecule has 1 aliphatic rings. The minimum atomic E-state index is -0.729. The van der Waals surface area contributed by atoms with E-state index in [0.717, 1.165) is 5.56 Å². The lowest BCUT2D eigenvalue weighted by atomic mass is 10.0. The Labute approximate surface area is 143 Å². The molecule has 1 saturated heterocycles. The summed E-state index contributed by atoms with van der Waals surface area (Å²) in [6.45, 7) is 4.50. The van der Waals surface area contributed by atoms with E-state index < -0.39 is 11.4 Å². The summed E-state index contributed by atoms with van der Waals surface area (Å²) in [4.78, 5) is 37.6. The molecule has 2 aromatic rings. The number of amides is 3. The van der Waals surface area contributed by atoms with E-state index in [4.69, 9.17) is 10.2 Å². The third-order valence-electron chi connectivity index (χ3n) is 4.32. The molecule has 0 radical (unpaired) electrons. The van der Waals surface area contributed by atoms with Crippen molar-refractivity contribution in [1.82, 2.24) is 20.4 Å². The standard InChI is InChI=1S/C16H19N5O4/c1-9-6-18-20-12(9)14(23)19-16(2)3-4-21(8-16)15(24)10-5-11(13(17)22)25-7-10/h5-7H,3-4,8H2,1-2H3,(H2,17,22)(H,18,20)(H,19,23). The average Bonchev–Trinajstić information content (AvgIpc) is 3.25. The second kappa shape index (κ2) is 6.08. The van der Waals surface area contributed by atoms with E-state index in [1.807, 2.05) is 6.92 Å². The average molecular weight is 345 g/mol. The number of aryl methyl sites for hydroxylation is 1. The third-order valence-corrected chi connectivity index (χ3v) is 4.32. The van der Waals surface area contributed by atoms with E-state index in [1.165, 1.54) is 12.3 Å². The summed E-state index contributed by atoms with van der Waals surface area (Å²) >= 11 is 0. The van der Waals surface area contributed by atoms with Crippen LogP contribution in [0.25, 0.3) is 0 Å². The highest BCUT2D eigenvalue weighted by atomic mass is 16.3. The fourth-order valence-electron chi connectivity index (χ4n) is 2.91. The molecule has 1 fully saturated rings. The fraction of sp³-hybridized carbons (Fsp3) is 0.375. The van der Waals surface area contributed by atoms with E-state index in [0.29, 0.717) is 25.2 Å². The zero-order chi connectivity index (χ0) is 18.2. The molecule has 1 atom stereocenters. The Morgan fingerprint density at radius 3 is 2.80 bits per heavy atom. The Hall–Kier alpha value is -3.10. The highest BCUT2D eigenvalue weighted by Crippen LogP contribution is 2.24. The van der Waals surface area contributed by atoms with Gasteiger partial charge in [0, 0.05) is 19.2 Å². The van der Waals surface area contributed by atoms with Gasteiger partial charge in [-0.05, 0) is 25.8 Å². The zero-order valence-electron chi connectivity index (χ0n) is 14.0. The van der Waals surface area contributed by atoms with Crippen LogP contribution in [-0.2, 0) is 0 Å². The maximum Gasteiger partial charge on any atom is 0.284 e. The Balaban J connectivity index is 1.67. The number of aromatic nitrogens is 2. The number of primary amides is 1. The molecule has 1 unspecified atom stereocenters. The number of nitrogens with zero attached hydrogens (tertiary/aromatic N) is 2. The Morgan fingerprint density at radius 2 is 2.20 bits per heavy atom. The predicted octanol–water partition coefficient (Wildman–Crippen LogP) is 0.445. The topological polar surface area (TPSA) is 134 Å². The number of hydrogen-bond donors (Lipinski definition) is 3. The predicted molar refractivity (Wildman–Crippen MR) is 86.9 cm³/mol. The summed E-state index contributed by atoms with van der Waals surface area (Å²) in [5.41, 5.74) is 5.99. The number of H-pyrrole nitrogens is 1. The molecule has 2 aromatic heterocycles. The summed E-state index contributed by atoms with van der Waals surface area (Å²) in [7, 11) is 0. The molecule has 0 aliphatic carbocycles. The minimum absolute atomic E-state index is 0.0617. The molecule has 3 rings (SSSR count). The van der Waals surface area contributed by atoms with Crippen molar-refractivity contribution in [2.24, 2.45) is 5.73 Å². The molecule has 4 N–H and O–H groups in total. The number of aromatic amines is 1. The highest BCUT2D eigenvalue weighted by Gasteiger charge is 2.38. The Bertz CT molecular complexity index is 839. The van der Waals surface area contributed by atoms with Crippen molar-refractivity contribution < 1.29 is 18.8 Å². The number of nitrogens with one attached hydrogen (secondary N) is 2. The molecule has 0 saturated carbocycles. The molecule has 9 nitrogen and oxygen atoms in total. The number of carbonyl (C=O) groups excluding carboxylic acids is 3. The van der Waals surface area contributed by atoms with Gasteiger partial charge in [0.2, 0.25) is 0 Å². The van der Waals surface area contributed by atoms with Crippen LogP contribution in [0.4, 0.5) is 0 Å². The van der Waals surface area contributed by atoms with Crippen molar-refractivity contribution >= 4 is 17.7 Å². The number of hydrogen-bond acceptors (Lipinski definition) is 5. The van der Waals surface area contributed by atoms with Crippen LogP contribution in [0.2, 0.25) is 0 Å². The largest absolute Gasteiger partial charge is 0.458 e. The van der Waals surface area contributed by atoms with Gasteiger partial charge < -0.3 is 20.4 Å². The van der Waals surface area contributed by atoms with Gasteiger partial charge in [0.05, 0.1) is 17.3 Å². The monoisotopic (exact) mass is 345 g/mol. The first-order valence-electron chi connectivity index (χ1n) is 7.79. The smallest absolute Gasteiger partial charge is 0.284 e. The molecule has 9 heteroatoms. The van der Waals surface area contributed by atoms with Crippen LogP contribution in [-0.4, -0.2) is 51.4 Å². The highest BCUT2D eigenvalue weighted by molar-refractivity contribution is 5.98. The van der Waals surface area contributed by atoms with Gasteiger partial charge in [-0.3, -0.25) is 19.5 Å². The lowest BCUT2D eigenvalue weighted by Crippen LogP contribution is -2.48. The van der Waals surface area contributed by atoms with Crippen LogP contribution in [0.15, 0.2) is 22.9 Å². The number of rotatable bonds is 4. The Morgan fingerprint density at radius 1 is 1.44 bits per heavy atom. The van der Waals surface area contributed by atoms with Gasteiger partial charge in [-0.1, -0.05) is 0 Å². The summed E-state index contributed by atoms with van der Waals surface area (Å²) in [6, 6.07) is 1.33. The van der Waals surface area contributed by atoms with Gasteiger partial charge in [0.1, 0.15) is 12.0 Å². The van der Waals surface area contributed by atoms with Crippen LogP contribution >= 0.6 is 0 Å². The first-order chi connectivity index (χ1) is 11.8. The summed E-state index contributed by atoms with van der Waals surface area (Å²) in [5.74, 6) is -1.32. The molecule has 3 amide bonds. The van der Waals surface area contributed by atoms with Crippen molar-refractivity contribution in [3.8, 4) is 0 Å². The van der Waals surface area contributed by atoms with Crippen LogP contribution in [0.5, 0.6) is 0 Å². The zero-order valence-corrected chi connectivity index (χ0v) is 14.0. The number of likely N-dealkylation sites (tertiary alicyclic amines) is 1. The quantitative estimate of drug-likeness (QED) is 0.739. The lowest BCUT2D eigenvalue weighted by molar-refractivity contribution is 0.0767. The van der Waals surface area contributed by atoms with Gasteiger partial charge in [-0.15, -0.1) is 0 Å². The minimum Gasteiger partial charge on any atom is -0.458 e. The first-order valence-corrected chi connectivity index (χ1v) is 7.79. The Kier molecular flexibility index (Phi) is 4.07. The molecule has 3 heterocycles. The molecule has 0 spiro atoms. The van der Waals surface area contributed by atoms with Crippen LogP contribution < -0.4 is 11.1 Å². The van der Waals surface area contributed by atoms with Gasteiger partial charge in [-0.25, -0.2) is 0 Å². The van der Waals surface area contributed by atoms with E-state index in [9.17, 15) is 14.4 Å². The molecular formula is C16H19N5O4. The SMILES string of the molecule is Cc1cn[nH]c1C(=O)NC1(C)CCN(C(=O)c2coc(C(N)=O)c2)C1. The molecular weight excluding hydrogens is 326 g/mol. The van der Waals surface area contributed by atoms with Gasteiger partial charge in [-0.2, -0.15) is 5.10 Å². The van der Waals surface area contributed by atoms with Crippen LogP contribution in [0.1, 0.15) is 50.3 Å². The van der Waals surface area contributed by atoms with E-state index in [2.05, 4.69) is 15.5 Å². The summed E-state index contributed by atoms with van der Waals surface area (Å²) in [6.07, 6.45) is 3.40. The third kappa shape index (κ3) is 3.25. The fourth-order valence-corrected chi connectivity index (χ4v) is 2.91. The van der Waals surface area contributed by atoms with Crippen molar-refractivity contribution in [3.63, 3.8) is 0 Å². The van der Waals surface area contributed by atoms with E-state index in [-0.39, 0.29) is 23.1 Å². The molecule has 1 aliphatic heterocycles. The molecule has 0 bridgehead atoms. The maximum absolute atomic E-state index is 12.5. The van der Waals surface area contributed by atoms with Gasteiger partial charge in [0.15, 0.2) is 5.76 Å². The lowest BCUT2D eigenvalue weighted by Gasteiger charge is -2.26. The summed E-state index contributed by atoms with van der Waals surface area (Å²) < 4.78 is 4.98. The molecule has 0 aromatic carbocycles. The first kappa shape index (κ1) is 16.7. The number of nitrogens with two attached hydrogens (primary N) is 1. The normalized spacial score (nSPS) is 19.8. The summed E-state index contributed by atoms with van der Waals surface area (Å²) in [5, 5.41) is 9.47. The van der Waals surface area contributed by atoms with E-state index >= 15 is 0 Å². The van der Waals surface area contributed by atoms with Crippen molar-refractivity contribution in [2.75, 3.05) is 13.1 Å². The van der Waals surface area contributed by atoms with Gasteiger partial charge >= 0.3 is 0 Å². The van der Waals surface area contributed by atoms with Gasteiger partial charge in [0.25, 0.3) is 17.7 Å².